The fraction of sp³-hybridized carbons (Fsp3) is 0.632. The second-order valence-corrected chi connectivity index (χ2v) is 6.01. The number of piperidine rings is 1. The molecule has 5 nitrogen and oxygen atoms in total. The highest BCUT2D eigenvalue weighted by Gasteiger charge is 2.21. The van der Waals surface area contributed by atoms with Crippen LogP contribution in [0.1, 0.15) is 39.2 Å². The van der Waals surface area contributed by atoms with Crippen LogP contribution in [0.15, 0.2) is 23.2 Å². The second kappa shape index (κ2) is 12.3. The van der Waals surface area contributed by atoms with Gasteiger partial charge in [0.1, 0.15) is 0 Å². The second-order valence-electron chi connectivity index (χ2n) is 6.01. The van der Waals surface area contributed by atoms with Gasteiger partial charge in [-0.1, -0.05) is 6.07 Å². The Hall–Kier alpha value is -1.09. The van der Waals surface area contributed by atoms with E-state index in [2.05, 4.69) is 22.1 Å². The molecule has 0 aromatic heterocycles. The van der Waals surface area contributed by atoms with Crippen molar-refractivity contribution < 1.29 is 13.9 Å². The molecule has 1 aliphatic heterocycles. The van der Waals surface area contributed by atoms with E-state index in [1.165, 1.54) is 6.07 Å². The van der Waals surface area contributed by atoms with E-state index in [9.17, 15) is 4.39 Å². The van der Waals surface area contributed by atoms with Crippen molar-refractivity contribution in [3.05, 3.63) is 29.6 Å². The zero-order valence-electron chi connectivity index (χ0n) is 16.0. The SMILES string of the molecule is CCNC(=NCc1ccc(OCC)c(F)c1)N1CCC(OCC)CC1.I. The fourth-order valence-corrected chi connectivity index (χ4v) is 2.98. The van der Waals surface area contributed by atoms with Crippen molar-refractivity contribution in [3.63, 3.8) is 0 Å². The number of rotatable bonds is 7. The molecule has 7 heteroatoms. The summed E-state index contributed by atoms with van der Waals surface area (Å²) in [5, 5.41) is 3.33. The molecule has 1 aromatic carbocycles. The normalized spacial score (nSPS) is 15.5. The first kappa shape index (κ1) is 23.0. The van der Waals surface area contributed by atoms with Gasteiger partial charge in [0.2, 0.25) is 0 Å². The number of halogens is 2. The van der Waals surface area contributed by atoms with E-state index in [1.807, 2.05) is 19.9 Å². The van der Waals surface area contributed by atoms with E-state index in [0.29, 0.717) is 25.0 Å². The first-order chi connectivity index (χ1) is 12.2. The van der Waals surface area contributed by atoms with Crippen molar-refractivity contribution in [2.75, 3.05) is 32.8 Å². The van der Waals surface area contributed by atoms with Crippen LogP contribution >= 0.6 is 24.0 Å². The monoisotopic (exact) mass is 479 g/mol. The van der Waals surface area contributed by atoms with Gasteiger partial charge in [-0.15, -0.1) is 24.0 Å². The number of nitrogens with zero attached hydrogens (tertiary/aromatic N) is 2. The van der Waals surface area contributed by atoms with Crippen LogP contribution in [-0.4, -0.2) is 49.8 Å². The molecule has 0 aliphatic carbocycles. The van der Waals surface area contributed by atoms with E-state index in [0.717, 1.165) is 50.6 Å². The summed E-state index contributed by atoms with van der Waals surface area (Å²) in [6.45, 7) is 10.3. The zero-order chi connectivity index (χ0) is 18.1. The first-order valence-corrected chi connectivity index (χ1v) is 9.24. The molecule has 0 atom stereocenters. The van der Waals surface area contributed by atoms with Crippen molar-refractivity contribution in [1.82, 2.24) is 10.2 Å². The third-order valence-electron chi connectivity index (χ3n) is 4.19. The lowest BCUT2D eigenvalue weighted by Crippen LogP contribution is -2.47. The lowest BCUT2D eigenvalue weighted by atomic mass is 10.1. The van der Waals surface area contributed by atoms with E-state index < -0.39 is 0 Å². The number of benzene rings is 1. The maximum atomic E-state index is 14.0. The van der Waals surface area contributed by atoms with Crippen LogP contribution in [0.5, 0.6) is 5.75 Å². The minimum atomic E-state index is -0.336. The molecule has 0 unspecified atom stereocenters. The molecule has 1 aromatic rings. The van der Waals surface area contributed by atoms with Crippen molar-refractivity contribution in [2.45, 2.75) is 46.3 Å². The van der Waals surface area contributed by atoms with Gasteiger partial charge in [-0.2, -0.15) is 0 Å². The molecule has 1 fully saturated rings. The standard InChI is InChI=1S/C19H30FN3O2.HI/c1-4-21-19(23-11-9-16(10-12-23)24-5-2)22-14-15-7-8-18(25-6-3)17(20)13-15;/h7-8,13,16H,4-6,9-12,14H2,1-3H3,(H,21,22);1H. The topological polar surface area (TPSA) is 46.1 Å². The van der Waals surface area contributed by atoms with Gasteiger partial charge in [-0.3, -0.25) is 0 Å². The smallest absolute Gasteiger partial charge is 0.194 e. The largest absolute Gasteiger partial charge is 0.491 e. The average Bonchev–Trinajstić information content (AvgIpc) is 2.62. The Labute approximate surface area is 173 Å². The van der Waals surface area contributed by atoms with Crippen LogP contribution in [0.4, 0.5) is 4.39 Å². The summed E-state index contributed by atoms with van der Waals surface area (Å²) in [6.07, 6.45) is 2.37. The predicted octanol–water partition coefficient (Wildman–Crippen LogP) is 3.81. The maximum absolute atomic E-state index is 14.0. The third-order valence-corrected chi connectivity index (χ3v) is 4.19. The molecule has 1 saturated heterocycles. The van der Waals surface area contributed by atoms with E-state index in [-0.39, 0.29) is 29.8 Å². The number of guanidine groups is 1. The van der Waals surface area contributed by atoms with Gasteiger partial charge in [-0.05, 0) is 51.3 Å². The molecule has 1 heterocycles. The van der Waals surface area contributed by atoms with Gasteiger partial charge in [0.25, 0.3) is 0 Å². The summed E-state index contributed by atoms with van der Waals surface area (Å²) in [7, 11) is 0. The van der Waals surface area contributed by atoms with Gasteiger partial charge in [-0.25, -0.2) is 9.38 Å². The van der Waals surface area contributed by atoms with Crippen LogP contribution in [-0.2, 0) is 11.3 Å². The third kappa shape index (κ3) is 6.90. The zero-order valence-corrected chi connectivity index (χ0v) is 18.3. The Bertz CT molecular complexity index is 564. The Morgan fingerprint density at radius 2 is 1.96 bits per heavy atom. The van der Waals surface area contributed by atoms with Crippen LogP contribution in [0, 0.1) is 5.82 Å². The minimum Gasteiger partial charge on any atom is -0.491 e. The van der Waals surface area contributed by atoms with Crippen molar-refractivity contribution in [3.8, 4) is 5.75 Å². The summed E-state index contributed by atoms with van der Waals surface area (Å²) >= 11 is 0. The van der Waals surface area contributed by atoms with Gasteiger partial charge in [0, 0.05) is 26.2 Å². The van der Waals surface area contributed by atoms with Crippen LogP contribution in [0.3, 0.4) is 0 Å². The highest BCUT2D eigenvalue weighted by Crippen LogP contribution is 2.19. The van der Waals surface area contributed by atoms with Gasteiger partial charge in [0.15, 0.2) is 17.5 Å². The molecule has 1 N–H and O–H groups in total. The van der Waals surface area contributed by atoms with Gasteiger partial charge < -0.3 is 19.7 Å². The lowest BCUT2D eigenvalue weighted by molar-refractivity contribution is 0.0263. The molecule has 0 saturated carbocycles. The van der Waals surface area contributed by atoms with Crippen LogP contribution in [0.25, 0.3) is 0 Å². The summed E-state index contributed by atoms with van der Waals surface area (Å²) in [5.41, 5.74) is 0.834. The molecule has 0 amide bonds. The van der Waals surface area contributed by atoms with E-state index in [4.69, 9.17) is 9.47 Å². The number of ether oxygens (including phenoxy) is 2. The highest BCUT2D eigenvalue weighted by atomic mass is 127. The Morgan fingerprint density at radius 1 is 1.23 bits per heavy atom. The lowest BCUT2D eigenvalue weighted by Gasteiger charge is -2.34. The Balaban J connectivity index is 0.00000338. The van der Waals surface area contributed by atoms with Crippen LogP contribution in [0.2, 0.25) is 0 Å². The molecular formula is C19H31FIN3O2. The highest BCUT2D eigenvalue weighted by molar-refractivity contribution is 14.0. The Morgan fingerprint density at radius 3 is 2.54 bits per heavy atom. The number of likely N-dealkylation sites (tertiary alicyclic amines) is 1. The van der Waals surface area contributed by atoms with Crippen molar-refractivity contribution >= 4 is 29.9 Å². The molecule has 26 heavy (non-hydrogen) atoms. The number of nitrogens with one attached hydrogen (secondary N) is 1. The summed E-state index contributed by atoms with van der Waals surface area (Å²) in [6, 6.07) is 5.03. The number of hydrogen-bond acceptors (Lipinski definition) is 3. The molecular weight excluding hydrogens is 448 g/mol. The van der Waals surface area contributed by atoms with Crippen molar-refractivity contribution in [1.29, 1.82) is 0 Å². The summed E-state index contributed by atoms with van der Waals surface area (Å²) in [5.74, 6) is 0.837. The average molecular weight is 479 g/mol. The summed E-state index contributed by atoms with van der Waals surface area (Å²) in [4.78, 5) is 6.93. The molecule has 1 aliphatic rings. The molecule has 0 bridgehead atoms. The van der Waals surface area contributed by atoms with Gasteiger partial charge >= 0.3 is 0 Å². The number of aliphatic imine (C=N–C) groups is 1. The predicted molar refractivity (Wildman–Crippen MR) is 114 cm³/mol. The van der Waals surface area contributed by atoms with Gasteiger partial charge in [0.05, 0.1) is 19.3 Å². The molecule has 148 valence electrons. The Kier molecular flexibility index (Phi) is 10.9. The number of hydrogen-bond donors (Lipinski definition) is 1. The summed E-state index contributed by atoms with van der Waals surface area (Å²) < 4.78 is 24.9. The molecule has 2 rings (SSSR count). The first-order valence-electron chi connectivity index (χ1n) is 9.24. The fourth-order valence-electron chi connectivity index (χ4n) is 2.98. The maximum Gasteiger partial charge on any atom is 0.194 e. The quantitative estimate of drug-likeness (QED) is 0.367. The van der Waals surface area contributed by atoms with Crippen LogP contribution < -0.4 is 10.1 Å². The van der Waals surface area contributed by atoms with Crippen molar-refractivity contribution in [2.24, 2.45) is 4.99 Å². The minimum absolute atomic E-state index is 0. The van der Waals surface area contributed by atoms with E-state index in [1.54, 1.807) is 6.07 Å². The molecule has 0 spiro atoms. The van der Waals surface area contributed by atoms with E-state index >= 15 is 0 Å². The molecule has 0 radical (unpaired) electrons.